The van der Waals surface area contributed by atoms with Gasteiger partial charge in [0, 0.05) is 31.1 Å². The van der Waals surface area contributed by atoms with Gasteiger partial charge in [0.1, 0.15) is 13.2 Å². The zero-order valence-electron chi connectivity index (χ0n) is 20.4. The van der Waals surface area contributed by atoms with E-state index in [-0.39, 0.29) is 37.7 Å². The standard InChI is InChI=1S/C30H31NO5/c32-27-16-24-17-30(28(33)35-20-22-10-4-1-5-11-22,29(34)36-21-23-12-6-2-7-13-23)18-25(24)19-31(27)26-14-8-3-9-15-26/h1-2,4-7,10-13,16,19,26H,3,8-9,14-15,17-18,20-21H2. The van der Waals surface area contributed by atoms with Crippen LogP contribution in [0.1, 0.15) is 60.4 Å². The highest BCUT2D eigenvalue weighted by Gasteiger charge is 2.53. The van der Waals surface area contributed by atoms with E-state index in [9.17, 15) is 14.4 Å². The van der Waals surface area contributed by atoms with Crippen molar-refractivity contribution < 1.29 is 19.1 Å². The molecule has 1 saturated carbocycles. The van der Waals surface area contributed by atoms with Gasteiger partial charge in [-0.15, -0.1) is 0 Å². The average Bonchev–Trinajstić information content (AvgIpc) is 3.31. The van der Waals surface area contributed by atoms with Crippen LogP contribution in [-0.2, 0) is 45.1 Å². The van der Waals surface area contributed by atoms with E-state index in [0.29, 0.717) is 0 Å². The number of nitrogens with zero attached hydrogens (tertiary/aromatic N) is 1. The number of pyridine rings is 1. The number of benzene rings is 2. The number of hydrogen-bond donors (Lipinski definition) is 0. The summed E-state index contributed by atoms with van der Waals surface area (Å²) >= 11 is 0. The Hall–Kier alpha value is -3.67. The topological polar surface area (TPSA) is 74.6 Å². The van der Waals surface area contributed by atoms with Gasteiger partial charge >= 0.3 is 11.9 Å². The van der Waals surface area contributed by atoms with Gasteiger partial charge in [0.2, 0.25) is 0 Å². The van der Waals surface area contributed by atoms with E-state index in [2.05, 4.69) is 0 Å². The van der Waals surface area contributed by atoms with Crippen molar-refractivity contribution in [3.05, 3.63) is 106 Å². The van der Waals surface area contributed by atoms with Crippen molar-refractivity contribution in [3.63, 3.8) is 0 Å². The average molecular weight is 486 g/mol. The molecule has 1 aromatic heterocycles. The molecular formula is C30H31NO5. The molecule has 1 fully saturated rings. The second-order valence-electron chi connectivity index (χ2n) is 9.92. The summed E-state index contributed by atoms with van der Waals surface area (Å²) in [5.74, 6) is -1.23. The maximum atomic E-state index is 13.5. The monoisotopic (exact) mass is 485 g/mol. The van der Waals surface area contributed by atoms with Crippen molar-refractivity contribution in [2.24, 2.45) is 5.41 Å². The smallest absolute Gasteiger partial charge is 0.324 e. The quantitative estimate of drug-likeness (QED) is 0.351. The molecule has 0 N–H and O–H groups in total. The fourth-order valence-corrected chi connectivity index (χ4v) is 5.41. The van der Waals surface area contributed by atoms with Crippen molar-refractivity contribution in [2.75, 3.05) is 0 Å². The fourth-order valence-electron chi connectivity index (χ4n) is 5.41. The molecule has 0 amide bonds. The molecule has 186 valence electrons. The lowest BCUT2D eigenvalue weighted by Crippen LogP contribution is -2.42. The summed E-state index contributed by atoms with van der Waals surface area (Å²) in [7, 11) is 0. The van der Waals surface area contributed by atoms with E-state index in [1.54, 1.807) is 10.6 Å². The van der Waals surface area contributed by atoms with Crippen LogP contribution in [0.4, 0.5) is 0 Å². The second-order valence-corrected chi connectivity index (χ2v) is 9.92. The first-order valence-corrected chi connectivity index (χ1v) is 12.7. The number of fused-ring (bicyclic) bond motifs is 1. The van der Waals surface area contributed by atoms with Crippen LogP contribution >= 0.6 is 0 Å². The van der Waals surface area contributed by atoms with E-state index in [0.717, 1.165) is 47.9 Å². The Morgan fingerprint density at radius 3 is 1.86 bits per heavy atom. The van der Waals surface area contributed by atoms with Gasteiger partial charge in [-0.05, 0) is 35.1 Å². The summed E-state index contributed by atoms with van der Waals surface area (Å²) in [6.45, 7) is 0.136. The summed E-state index contributed by atoms with van der Waals surface area (Å²) in [6.07, 6.45) is 7.49. The molecule has 0 bridgehead atoms. The Labute approximate surface area is 210 Å². The Kier molecular flexibility index (Phi) is 7.03. The highest BCUT2D eigenvalue weighted by Crippen LogP contribution is 2.40. The second kappa shape index (κ2) is 10.5. The van der Waals surface area contributed by atoms with Crippen LogP contribution in [0, 0.1) is 5.41 Å². The molecule has 2 aliphatic rings. The third-order valence-electron chi connectivity index (χ3n) is 7.42. The van der Waals surface area contributed by atoms with Gasteiger partial charge < -0.3 is 14.0 Å². The molecule has 3 aromatic rings. The maximum absolute atomic E-state index is 13.5. The van der Waals surface area contributed by atoms with Crippen molar-refractivity contribution in [1.29, 1.82) is 0 Å². The molecular weight excluding hydrogens is 454 g/mol. The number of aromatic nitrogens is 1. The highest BCUT2D eigenvalue weighted by atomic mass is 16.6. The lowest BCUT2D eigenvalue weighted by molar-refractivity contribution is -0.173. The predicted molar refractivity (Wildman–Crippen MR) is 135 cm³/mol. The van der Waals surface area contributed by atoms with Gasteiger partial charge in [-0.3, -0.25) is 14.4 Å². The van der Waals surface area contributed by atoms with Gasteiger partial charge in [-0.2, -0.15) is 0 Å². The molecule has 5 rings (SSSR count). The number of carbonyl (C=O) groups excluding carboxylic acids is 2. The van der Waals surface area contributed by atoms with Crippen molar-refractivity contribution >= 4 is 11.9 Å². The van der Waals surface area contributed by atoms with Crippen LogP contribution in [0.15, 0.2) is 77.7 Å². The third kappa shape index (κ3) is 4.99. The number of esters is 2. The molecule has 2 aliphatic carbocycles. The number of hydrogen-bond acceptors (Lipinski definition) is 5. The summed E-state index contributed by atoms with van der Waals surface area (Å²) in [5.41, 5.74) is 1.65. The van der Waals surface area contributed by atoms with Crippen LogP contribution in [0.2, 0.25) is 0 Å². The largest absolute Gasteiger partial charge is 0.460 e. The van der Waals surface area contributed by atoms with Crippen LogP contribution in [0.5, 0.6) is 0 Å². The highest BCUT2D eigenvalue weighted by molar-refractivity contribution is 6.01. The van der Waals surface area contributed by atoms with Crippen LogP contribution in [0.25, 0.3) is 0 Å². The molecule has 36 heavy (non-hydrogen) atoms. The van der Waals surface area contributed by atoms with Gasteiger partial charge in [0.15, 0.2) is 5.41 Å². The van der Waals surface area contributed by atoms with Crippen LogP contribution in [-0.4, -0.2) is 16.5 Å². The minimum Gasteiger partial charge on any atom is -0.460 e. The molecule has 1 heterocycles. The summed E-state index contributed by atoms with van der Waals surface area (Å²) in [5, 5.41) is 0. The number of carbonyl (C=O) groups is 2. The first kappa shape index (κ1) is 24.0. The van der Waals surface area contributed by atoms with Crippen LogP contribution in [0.3, 0.4) is 0 Å². The van der Waals surface area contributed by atoms with Crippen molar-refractivity contribution in [2.45, 2.75) is 64.2 Å². The first-order chi connectivity index (χ1) is 17.5. The molecule has 0 aliphatic heterocycles. The van der Waals surface area contributed by atoms with E-state index >= 15 is 0 Å². The zero-order valence-corrected chi connectivity index (χ0v) is 20.4. The van der Waals surface area contributed by atoms with E-state index in [1.807, 2.05) is 66.9 Å². The Balaban J connectivity index is 1.41. The zero-order chi connectivity index (χ0) is 25.0. The van der Waals surface area contributed by atoms with Gasteiger partial charge in [-0.1, -0.05) is 79.9 Å². The number of rotatable bonds is 7. The van der Waals surface area contributed by atoms with Gasteiger partial charge in [0.05, 0.1) is 0 Å². The SMILES string of the molecule is O=C(OCc1ccccc1)C1(C(=O)OCc2ccccc2)Cc2cc(=O)n(C3CCCCC3)cc2C1. The van der Waals surface area contributed by atoms with Gasteiger partial charge in [-0.25, -0.2) is 0 Å². The van der Waals surface area contributed by atoms with Crippen molar-refractivity contribution in [1.82, 2.24) is 4.57 Å². The third-order valence-corrected chi connectivity index (χ3v) is 7.42. The predicted octanol–water partition coefficient (Wildman–Crippen LogP) is 4.93. The molecule has 6 nitrogen and oxygen atoms in total. The molecule has 6 heteroatoms. The summed E-state index contributed by atoms with van der Waals surface area (Å²) < 4.78 is 13.1. The fraction of sp³-hybridized carbons (Fsp3) is 0.367. The lowest BCUT2D eigenvalue weighted by atomic mass is 9.84. The first-order valence-electron chi connectivity index (χ1n) is 12.7. The Morgan fingerprint density at radius 1 is 0.778 bits per heavy atom. The Morgan fingerprint density at radius 2 is 1.31 bits per heavy atom. The molecule has 0 saturated heterocycles. The van der Waals surface area contributed by atoms with E-state index in [4.69, 9.17) is 9.47 Å². The van der Waals surface area contributed by atoms with E-state index < -0.39 is 17.4 Å². The van der Waals surface area contributed by atoms with Crippen LogP contribution < -0.4 is 5.56 Å². The normalized spacial score (nSPS) is 16.8. The molecule has 2 aromatic carbocycles. The minimum absolute atomic E-state index is 0.0681. The number of ether oxygens (including phenoxy) is 2. The molecule has 0 atom stereocenters. The van der Waals surface area contributed by atoms with Gasteiger partial charge in [0.25, 0.3) is 5.56 Å². The maximum Gasteiger partial charge on any atom is 0.324 e. The molecule has 0 radical (unpaired) electrons. The minimum atomic E-state index is -1.51. The summed E-state index contributed by atoms with van der Waals surface area (Å²) in [4.78, 5) is 40.0. The molecule has 0 spiro atoms. The molecule has 0 unspecified atom stereocenters. The summed E-state index contributed by atoms with van der Waals surface area (Å²) in [6, 6.07) is 20.5. The van der Waals surface area contributed by atoms with Crippen molar-refractivity contribution in [3.8, 4) is 0 Å². The lowest BCUT2D eigenvalue weighted by Gasteiger charge is -2.25. The van der Waals surface area contributed by atoms with E-state index in [1.165, 1.54) is 6.42 Å². The Bertz CT molecular complexity index is 1220.